The van der Waals surface area contributed by atoms with Gasteiger partial charge in [0, 0.05) is 29.3 Å². The quantitative estimate of drug-likeness (QED) is 0.828. The molecule has 0 amide bonds. The van der Waals surface area contributed by atoms with E-state index < -0.39 is 10.8 Å². The zero-order valence-corrected chi connectivity index (χ0v) is 12.6. The molecule has 0 radical (unpaired) electrons. The number of hydrogen-bond acceptors (Lipinski definition) is 4. The minimum atomic E-state index is -0.809. The van der Waals surface area contributed by atoms with Gasteiger partial charge in [-0.1, -0.05) is 12.1 Å². The molecular formula is C15H23NO3S. The molecule has 20 heavy (non-hydrogen) atoms. The Hall–Kier alpha value is -0.910. The number of ether oxygens (including phenoxy) is 2. The molecular weight excluding hydrogens is 274 g/mol. The number of nitrogens with two attached hydrogens (primary N) is 1. The maximum atomic E-state index is 12.1. The third-order valence-electron chi connectivity index (χ3n) is 3.45. The third-order valence-corrected chi connectivity index (χ3v) is 5.23. The van der Waals surface area contributed by atoms with Gasteiger partial charge in [0.15, 0.2) is 0 Å². The van der Waals surface area contributed by atoms with Crippen LogP contribution in [0.1, 0.15) is 18.4 Å². The number of hydrogen-bond donors (Lipinski definition) is 1. The van der Waals surface area contributed by atoms with Gasteiger partial charge in [0.2, 0.25) is 0 Å². The topological polar surface area (TPSA) is 61.5 Å². The summed E-state index contributed by atoms with van der Waals surface area (Å²) in [5.74, 6) is 1.42. The highest BCUT2D eigenvalue weighted by molar-refractivity contribution is 7.85. The summed E-state index contributed by atoms with van der Waals surface area (Å²) in [6, 6.07) is 7.94. The average Bonchev–Trinajstić information content (AvgIpc) is 2.50. The molecule has 112 valence electrons. The van der Waals surface area contributed by atoms with Crippen molar-refractivity contribution in [3.63, 3.8) is 0 Å². The predicted octanol–water partition coefficient (Wildman–Crippen LogP) is 1.49. The van der Waals surface area contributed by atoms with E-state index in [1.165, 1.54) is 5.56 Å². The van der Waals surface area contributed by atoms with E-state index in [-0.39, 0.29) is 5.25 Å². The van der Waals surface area contributed by atoms with Crippen LogP contribution in [0.5, 0.6) is 5.75 Å². The molecule has 0 aromatic heterocycles. The molecule has 1 atom stereocenters. The summed E-state index contributed by atoms with van der Waals surface area (Å²) in [5.41, 5.74) is 6.72. The molecule has 0 aliphatic carbocycles. The van der Waals surface area contributed by atoms with Gasteiger partial charge in [0.25, 0.3) is 0 Å². The van der Waals surface area contributed by atoms with Crippen molar-refractivity contribution in [2.24, 2.45) is 5.73 Å². The summed E-state index contributed by atoms with van der Waals surface area (Å²) < 4.78 is 23.0. The first-order valence-corrected chi connectivity index (χ1v) is 8.54. The molecule has 0 bridgehead atoms. The Kier molecular flexibility index (Phi) is 6.50. The van der Waals surface area contributed by atoms with Crippen LogP contribution in [0.4, 0.5) is 0 Å². The standard InChI is InChI=1S/C15H23NO3S/c16-8-5-13-1-3-14(4-2-13)19-11-12-20(17)15-6-9-18-10-7-15/h1-4,15H,5-12,16H2. The van der Waals surface area contributed by atoms with Crippen LogP contribution in [0.3, 0.4) is 0 Å². The Morgan fingerprint density at radius 3 is 2.60 bits per heavy atom. The Bertz CT molecular complexity index is 416. The number of rotatable bonds is 7. The molecule has 2 rings (SSSR count). The lowest BCUT2D eigenvalue weighted by atomic mass is 10.1. The van der Waals surface area contributed by atoms with E-state index in [9.17, 15) is 4.21 Å². The zero-order valence-electron chi connectivity index (χ0n) is 11.8. The Balaban J connectivity index is 1.70. The third kappa shape index (κ3) is 4.89. The fourth-order valence-corrected chi connectivity index (χ4v) is 3.57. The van der Waals surface area contributed by atoms with Crippen LogP contribution < -0.4 is 10.5 Å². The summed E-state index contributed by atoms with van der Waals surface area (Å²) in [5, 5.41) is 0.277. The maximum absolute atomic E-state index is 12.1. The predicted molar refractivity (Wildman–Crippen MR) is 81.5 cm³/mol. The number of benzene rings is 1. The molecule has 1 aliphatic heterocycles. The van der Waals surface area contributed by atoms with Gasteiger partial charge < -0.3 is 15.2 Å². The minimum Gasteiger partial charge on any atom is -0.493 e. The molecule has 2 N–H and O–H groups in total. The first-order chi connectivity index (χ1) is 9.79. The molecule has 1 saturated heterocycles. The molecule has 1 unspecified atom stereocenters. The molecule has 1 fully saturated rings. The second-order valence-electron chi connectivity index (χ2n) is 4.93. The van der Waals surface area contributed by atoms with Crippen molar-refractivity contribution in [2.45, 2.75) is 24.5 Å². The van der Waals surface area contributed by atoms with Crippen molar-refractivity contribution in [1.29, 1.82) is 0 Å². The Morgan fingerprint density at radius 2 is 1.95 bits per heavy atom. The van der Waals surface area contributed by atoms with Gasteiger partial charge in [-0.05, 0) is 43.5 Å². The van der Waals surface area contributed by atoms with Gasteiger partial charge in [-0.15, -0.1) is 0 Å². The zero-order chi connectivity index (χ0) is 14.2. The Morgan fingerprint density at radius 1 is 1.25 bits per heavy atom. The van der Waals surface area contributed by atoms with Gasteiger partial charge in [-0.3, -0.25) is 4.21 Å². The maximum Gasteiger partial charge on any atom is 0.119 e. The van der Waals surface area contributed by atoms with Crippen LogP contribution in [0.2, 0.25) is 0 Å². The SMILES string of the molecule is NCCc1ccc(OCCS(=O)C2CCOCC2)cc1. The monoisotopic (exact) mass is 297 g/mol. The molecule has 1 aliphatic rings. The van der Waals surface area contributed by atoms with Crippen LogP contribution in [-0.4, -0.2) is 41.6 Å². The largest absolute Gasteiger partial charge is 0.493 e. The van der Waals surface area contributed by atoms with Crippen LogP contribution in [0, 0.1) is 0 Å². The lowest BCUT2D eigenvalue weighted by Gasteiger charge is -2.21. The van der Waals surface area contributed by atoms with Crippen LogP contribution >= 0.6 is 0 Å². The van der Waals surface area contributed by atoms with Crippen molar-refractivity contribution < 1.29 is 13.7 Å². The van der Waals surface area contributed by atoms with Crippen LogP contribution in [-0.2, 0) is 22.0 Å². The second kappa shape index (κ2) is 8.39. The fraction of sp³-hybridized carbons (Fsp3) is 0.600. The van der Waals surface area contributed by atoms with E-state index in [2.05, 4.69) is 0 Å². The normalized spacial score (nSPS) is 17.9. The highest BCUT2D eigenvalue weighted by Gasteiger charge is 2.19. The molecule has 1 aromatic carbocycles. The first kappa shape index (κ1) is 15.5. The van der Waals surface area contributed by atoms with Crippen molar-refractivity contribution in [3.05, 3.63) is 29.8 Å². The summed E-state index contributed by atoms with van der Waals surface area (Å²) in [7, 11) is -0.809. The lowest BCUT2D eigenvalue weighted by molar-refractivity contribution is 0.0991. The fourth-order valence-electron chi connectivity index (χ4n) is 2.27. The summed E-state index contributed by atoms with van der Waals surface area (Å²) in [6.07, 6.45) is 2.69. The summed E-state index contributed by atoms with van der Waals surface area (Å²) >= 11 is 0. The lowest BCUT2D eigenvalue weighted by Crippen LogP contribution is -2.27. The smallest absolute Gasteiger partial charge is 0.119 e. The van der Waals surface area contributed by atoms with E-state index in [0.29, 0.717) is 18.9 Å². The van der Waals surface area contributed by atoms with Crippen molar-refractivity contribution in [3.8, 4) is 5.75 Å². The van der Waals surface area contributed by atoms with Crippen molar-refractivity contribution in [2.75, 3.05) is 32.1 Å². The molecule has 1 heterocycles. The van der Waals surface area contributed by atoms with E-state index in [0.717, 1.165) is 38.2 Å². The Labute approximate surface area is 123 Å². The molecule has 4 nitrogen and oxygen atoms in total. The van der Waals surface area contributed by atoms with E-state index >= 15 is 0 Å². The molecule has 5 heteroatoms. The van der Waals surface area contributed by atoms with Crippen LogP contribution in [0.15, 0.2) is 24.3 Å². The van der Waals surface area contributed by atoms with Gasteiger partial charge in [-0.2, -0.15) is 0 Å². The van der Waals surface area contributed by atoms with Gasteiger partial charge in [0.1, 0.15) is 5.75 Å². The molecule has 1 aromatic rings. The van der Waals surface area contributed by atoms with Crippen LogP contribution in [0.25, 0.3) is 0 Å². The van der Waals surface area contributed by atoms with E-state index in [1.807, 2.05) is 24.3 Å². The van der Waals surface area contributed by atoms with Crippen molar-refractivity contribution in [1.82, 2.24) is 0 Å². The first-order valence-electron chi connectivity index (χ1n) is 7.16. The summed E-state index contributed by atoms with van der Waals surface area (Å²) in [4.78, 5) is 0. The van der Waals surface area contributed by atoms with Gasteiger partial charge >= 0.3 is 0 Å². The molecule has 0 spiro atoms. The van der Waals surface area contributed by atoms with Gasteiger partial charge in [0.05, 0.1) is 12.4 Å². The van der Waals surface area contributed by atoms with E-state index in [1.54, 1.807) is 0 Å². The van der Waals surface area contributed by atoms with Gasteiger partial charge in [-0.25, -0.2) is 0 Å². The van der Waals surface area contributed by atoms with Crippen molar-refractivity contribution >= 4 is 10.8 Å². The summed E-state index contributed by atoms with van der Waals surface area (Å²) in [6.45, 7) is 2.63. The van der Waals surface area contributed by atoms with E-state index in [4.69, 9.17) is 15.2 Å². The minimum absolute atomic E-state index is 0.277. The second-order valence-corrected chi connectivity index (χ2v) is 6.76. The molecule has 0 saturated carbocycles. The average molecular weight is 297 g/mol. The highest BCUT2D eigenvalue weighted by atomic mass is 32.2. The highest BCUT2D eigenvalue weighted by Crippen LogP contribution is 2.15.